The number of amides is 1. The number of hydrogen-bond acceptors (Lipinski definition) is 5. The van der Waals surface area contributed by atoms with Crippen molar-refractivity contribution in [3.05, 3.63) is 35.9 Å². The number of nitrogens with two attached hydrogens (primary N) is 1. The molecule has 1 aliphatic rings. The molecule has 2 rings (SSSR count). The average molecular weight is 306 g/mol. The Kier molecular flexibility index (Phi) is 4.58. The first kappa shape index (κ1) is 16.1. The molecule has 0 aliphatic carbocycles. The lowest BCUT2D eigenvalue weighted by Crippen LogP contribution is -2.67. The molecule has 1 aromatic rings. The fraction of sp³-hybridized carbons (Fsp3) is 0.400. The molecule has 1 aliphatic heterocycles. The van der Waals surface area contributed by atoms with E-state index in [1.165, 1.54) is 0 Å². The SMILES string of the molecule is NC1(C(=O)O)CC(C(=O)c2ccccc2)CCN1C(=O)CO. The molecule has 4 N–H and O–H groups in total. The molecule has 0 spiro atoms. The molecule has 7 heteroatoms. The van der Waals surface area contributed by atoms with Crippen molar-refractivity contribution >= 4 is 17.7 Å². The number of Topliss-reactive ketones (excluding diaryl/α,β-unsaturated/α-hetero) is 1. The van der Waals surface area contributed by atoms with Gasteiger partial charge in [-0.25, -0.2) is 4.79 Å². The molecular weight excluding hydrogens is 288 g/mol. The standard InChI is InChI=1S/C15H18N2O5/c16-15(14(21)22)8-11(6-7-17(15)12(19)9-18)13(20)10-4-2-1-3-5-10/h1-5,11,18H,6-9,16H2,(H,21,22). The van der Waals surface area contributed by atoms with Crippen LogP contribution in [0.15, 0.2) is 30.3 Å². The number of ketones is 1. The lowest BCUT2D eigenvalue weighted by molar-refractivity contribution is -0.164. The lowest BCUT2D eigenvalue weighted by Gasteiger charge is -2.43. The van der Waals surface area contributed by atoms with E-state index in [0.717, 1.165) is 4.90 Å². The summed E-state index contributed by atoms with van der Waals surface area (Å²) < 4.78 is 0. The normalized spacial score (nSPS) is 24.8. The summed E-state index contributed by atoms with van der Waals surface area (Å²) in [5, 5.41) is 18.3. The van der Waals surface area contributed by atoms with Crippen molar-refractivity contribution < 1.29 is 24.6 Å². The summed E-state index contributed by atoms with van der Waals surface area (Å²) in [4.78, 5) is 36.6. The molecule has 1 saturated heterocycles. The van der Waals surface area contributed by atoms with Crippen molar-refractivity contribution in [1.82, 2.24) is 4.90 Å². The largest absolute Gasteiger partial charge is 0.478 e. The minimum absolute atomic E-state index is 0.0193. The zero-order valence-electron chi connectivity index (χ0n) is 11.9. The fourth-order valence-electron chi connectivity index (χ4n) is 2.77. The van der Waals surface area contributed by atoms with Crippen LogP contribution in [0.1, 0.15) is 23.2 Å². The summed E-state index contributed by atoms with van der Waals surface area (Å²) in [7, 11) is 0. The van der Waals surface area contributed by atoms with E-state index in [-0.39, 0.29) is 18.7 Å². The van der Waals surface area contributed by atoms with Crippen molar-refractivity contribution in [2.75, 3.05) is 13.2 Å². The second-order valence-electron chi connectivity index (χ2n) is 5.35. The summed E-state index contributed by atoms with van der Waals surface area (Å²) in [5.74, 6) is -2.91. The van der Waals surface area contributed by atoms with Gasteiger partial charge in [-0.1, -0.05) is 30.3 Å². The molecule has 1 aromatic carbocycles. The predicted octanol–water partition coefficient (Wildman–Crippen LogP) is -0.160. The maximum atomic E-state index is 12.5. The van der Waals surface area contributed by atoms with E-state index in [2.05, 4.69) is 0 Å². The third-order valence-corrected chi connectivity index (χ3v) is 3.98. The van der Waals surface area contributed by atoms with E-state index in [1.807, 2.05) is 0 Å². The smallest absolute Gasteiger partial charge is 0.344 e. The number of piperidine rings is 1. The van der Waals surface area contributed by atoms with Crippen LogP contribution in [0.5, 0.6) is 0 Å². The Bertz CT molecular complexity index is 589. The molecule has 2 unspecified atom stereocenters. The van der Waals surface area contributed by atoms with Gasteiger partial charge < -0.3 is 15.1 Å². The van der Waals surface area contributed by atoms with Crippen LogP contribution in [0.4, 0.5) is 0 Å². The zero-order valence-corrected chi connectivity index (χ0v) is 11.9. The molecule has 1 heterocycles. The van der Waals surface area contributed by atoms with Crippen molar-refractivity contribution in [2.45, 2.75) is 18.5 Å². The van der Waals surface area contributed by atoms with Gasteiger partial charge in [-0.15, -0.1) is 0 Å². The Labute approximate surface area is 127 Å². The van der Waals surface area contributed by atoms with E-state index in [4.69, 9.17) is 10.8 Å². The minimum Gasteiger partial charge on any atom is -0.478 e. The molecule has 0 radical (unpaired) electrons. The van der Waals surface area contributed by atoms with Crippen molar-refractivity contribution in [3.63, 3.8) is 0 Å². The van der Waals surface area contributed by atoms with Crippen molar-refractivity contribution in [2.24, 2.45) is 11.7 Å². The van der Waals surface area contributed by atoms with E-state index in [1.54, 1.807) is 30.3 Å². The topological polar surface area (TPSA) is 121 Å². The van der Waals surface area contributed by atoms with Crippen LogP contribution in [-0.2, 0) is 9.59 Å². The molecule has 7 nitrogen and oxygen atoms in total. The van der Waals surface area contributed by atoms with Crippen LogP contribution in [0.2, 0.25) is 0 Å². The summed E-state index contributed by atoms with van der Waals surface area (Å²) >= 11 is 0. The molecule has 2 atom stereocenters. The maximum Gasteiger partial charge on any atom is 0.344 e. The Morgan fingerprint density at radius 3 is 2.45 bits per heavy atom. The predicted molar refractivity (Wildman–Crippen MR) is 76.8 cm³/mol. The van der Waals surface area contributed by atoms with E-state index in [9.17, 15) is 19.5 Å². The minimum atomic E-state index is -1.98. The van der Waals surface area contributed by atoms with Crippen LogP contribution in [0.25, 0.3) is 0 Å². The van der Waals surface area contributed by atoms with Gasteiger partial charge in [0.05, 0.1) is 0 Å². The third kappa shape index (κ3) is 2.86. The van der Waals surface area contributed by atoms with Crippen molar-refractivity contribution in [3.8, 4) is 0 Å². The van der Waals surface area contributed by atoms with Crippen LogP contribution >= 0.6 is 0 Å². The summed E-state index contributed by atoms with van der Waals surface area (Å²) in [6.45, 7) is -0.797. The first-order valence-electron chi connectivity index (χ1n) is 6.93. The number of nitrogens with zero attached hydrogens (tertiary/aromatic N) is 1. The maximum absolute atomic E-state index is 12.5. The zero-order chi connectivity index (χ0) is 16.3. The first-order chi connectivity index (χ1) is 10.4. The number of carboxylic acid groups (broad SMARTS) is 1. The highest BCUT2D eigenvalue weighted by Crippen LogP contribution is 2.31. The highest BCUT2D eigenvalue weighted by molar-refractivity contribution is 5.99. The molecule has 1 amide bonds. The molecule has 0 aromatic heterocycles. The second kappa shape index (κ2) is 6.25. The van der Waals surface area contributed by atoms with E-state index >= 15 is 0 Å². The molecule has 0 bridgehead atoms. The molecule has 0 saturated carbocycles. The highest BCUT2D eigenvalue weighted by Gasteiger charge is 2.49. The van der Waals surface area contributed by atoms with Gasteiger partial charge in [0.1, 0.15) is 6.61 Å². The average Bonchev–Trinajstić information content (AvgIpc) is 2.54. The van der Waals surface area contributed by atoms with Gasteiger partial charge in [0.2, 0.25) is 5.91 Å². The highest BCUT2D eigenvalue weighted by atomic mass is 16.4. The van der Waals surface area contributed by atoms with E-state index in [0.29, 0.717) is 12.0 Å². The molecular formula is C15H18N2O5. The van der Waals surface area contributed by atoms with Gasteiger partial charge in [0.25, 0.3) is 0 Å². The number of rotatable bonds is 4. The Morgan fingerprint density at radius 1 is 1.27 bits per heavy atom. The summed E-state index contributed by atoms with van der Waals surface area (Å²) in [5.41, 5.74) is 4.38. The van der Waals surface area contributed by atoms with Gasteiger partial charge >= 0.3 is 5.97 Å². The van der Waals surface area contributed by atoms with Gasteiger partial charge in [-0.2, -0.15) is 0 Å². The third-order valence-electron chi connectivity index (χ3n) is 3.98. The summed E-state index contributed by atoms with van der Waals surface area (Å²) in [6.07, 6.45) is 0.132. The Balaban J connectivity index is 2.24. The van der Waals surface area contributed by atoms with Crippen LogP contribution < -0.4 is 5.73 Å². The number of carboxylic acids is 1. The number of benzene rings is 1. The monoisotopic (exact) mass is 306 g/mol. The van der Waals surface area contributed by atoms with Gasteiger partial charge in [-0.3, -0.25) is 15.3 Å². The molecule has 22 heavy (non-hydrogen) atoms. The number of hydrogen-bond donors (Lipinski definition) is 3. The first-order valence-corrected chi connectivity index (χ1v) is 6.93. The van der Waals surface area contributed by atoms with E-state index < -0.39 is 30.1 Å². The van der Waals surface area contributed by atoms with Gasteiger partial charge in [0.15, 0.2) is 11.4 Å². The quantitative estimate of drug-likeness (QED) is 0.665. The number of carbonyl (C=O) groups is 3. The van der Waals surface area contributed by atoms with Crippen LogP contribution in [0, 0.1) is 5.92 Å². The van der Waals surface area contributed by atoms with Crippen LogP contribution in [-0.4, -0.2) is 51.6 Å². The van der Waals surface area contributed by atoms with Gasteiger partial charge in [-0.05, 0) is 6.42 Å². The van der Waals surface area contributed by atoms with Gasteiger partial charge in [0, 0.05) is 24.4 Å². The Hall–Kier alpha value is -2.25. The number of aliphatic hydroxyl groups is 1. The Morgan fingerprint density at radius 2 is 1.91 bits per heavy atom. The van der Waals surface area contributed by atoms with Crippen molar-refractivity contribution in [1.29, 1.82) is 0 Å². The molecule has 118 valence electrons. The number of carbonyl (C=O) groups excluding carboxylic acids is 2. The molecule has 1 fully saturated rings. The fourth-order valence-corrected chi connectivity index (χ4v) is 2.77. The number of aliphatic carboxylic acids is 1. The number of likely N-dealkylation sites (tertiary alicyclic amines) is 1. The lowest BCUT2D eigenvalue weighted by atomic mass is 9.81. The second-order valence-corrected chi connectivity index (χ2v) is 5.35. The summed E-state index contributed by atoms with van der Waals surface area (Å²) in [6, 6.07) is 8.55. The van der Waals surface area contributed by atoms with Crippen LogP contribution in [0.3, 0.4) is 0 Å². The number of aliphatic hydroxyl groups excluding tert-OH is 1.